The molecular weight excluding hydrogens is 216 g/mol. The summed E-state index contributed by atoms with van der Waals surface area (Å²) in [5.41, 5.74) is -0.731. The molecule has 0 N–H and O–H groups in total. The minimum atomic E-state index is -3.51. The quantitative estimate of drug-likeness (QED) is 0.541. The molecule has 5 heteroatoms. The maximum Gasteiger partial charge on any atom is 0.264 e. The normalized spacial score (nSPS) is 31.9. The standard InChI is InChI=1S/C10H16O4S/c1-4-7-10(2)8(11)5-6-9(10)14-15(3,12)13/h4,9H,1,5-7H2,2-3H3/t9-,10-/m1/s1. The molecule has 0 heterocycles. The summed E-state index contributed by atoms with van der Waals surface area (Å²) in [4.78, 5) is 11.7. The van der Waals surface area contributed by atoms with Crippen LogP contribution in [-0.2, 0) is 19.1 Å². The van der Waals surface area contributed by atoms with E-state index < -0.39 is 21.6 Å². The zero-order valence-electron chi connectivity index (χ0n) is 9.02. The van der Waals surface area contributed by atoms with E-state index in [0.29, 0.717) is 19.3 Å². The Morgan fingerprint density at radius 3 is 2.73 bits per heavy atom. The summed E-state index contributed by atoms with van der Waals surface area (Å²) in [5, 5.41) is 0. The molecule has 0 aromatic heterocycles. The Kier molecular flexibility index (Phi) is 3.35. The zero-order valence-corrected chi connectivity index (χ0v) is 9.84. The highest BCUT2D eigenvalue weighted by Gasteiger charge is 2.47. The molecule has 0 radical (unpaired) electrons. The fourth-order valence-corrected chi connectivity index (χ4v) is 2.69. The second-order valence-corrected chi connectivity index (χ2v) is 5.76. The van der Waals surface area contributed by atoms with Crippen LogP contribution in [0.4, 0.5) is 0 Å². The molecule has 0 unspecified atom stereocenters. The number of rotatable bonds is 4. The average Bonchev–Trinajstić information content (AvgIpc) is 2.31. The van der Waals surface area contributed by atoms with Gasteiger partial charge in [0.2, 0.25) is 0 Å². The average molecular weight is 232 g/mol. The van der Waals surface area contributed by atoms with Crippen LogP contribution in [0.15, 0.2) is 12.7 Å². The van der Waals surface area contributed by atoms with Crippen molar-refractivity contribution in [2.75, 3.05) is 6.26 Å². The highest BCUT2D eigenvalue weighted by atomic mass is 32.2. The van der Waals surface area contributed by atoms with Crippen LogP contribution in [0, 0.1) is 5.41 Å². The molecule has 1 aliphatic carbocycles. The largest absolute Gasteiger partial charge is 0.299 e. The molecule has 1 aliphatic rings. The van der Waals surface area contributed by atoms with Crippen molar-refractivity contribution in [3.63, 3.8) is 0 Å². The number of hydrogen-bond acceptors (Lipinski definition) is 4. The molecule has 0 saturated heterocycles. The van der Waals surface area contributed by atoms with Crippen molar-refractivity contribution in [1.29, 1.82) is 0 Å². The molecule has 1 rings (SSSR count). The van der Waals surface area contributed by atoms with E-state index in [9.17, 15) is 13.2 Å². The highest BCUT2D eigenvalue weighted by molar-refractivity contribution is 7.86. The van der Waals surface area contributed by atoms with Gasteiger partial charge < -0.3 is 0 Å². The molecule has 4 nitrogen and oxygen atoms in total. The number of ketones is 1. The van der Waals surface area contributed by atoms with Gasteiger partial charge in [0, 0.05) is 6.42 Å². The van der Waals surface area contributed by atoms with E-state index in [1.54, 1.807) is 13.0 Å². The van der Waals surface area contributed by atoms with Crippen molar-refractivity contribution in [3.8, 4) is 0 Å². The van der Waals surface area contributed by atoms with Crippen molar-refractivity contribution in [2.45, 2.75) is 32.3 Å². The molecule has 0 bridgehead atoms. The highest BCUT2D eigenvalue weighted by Crippen LogP contribution is 2.40. The molecule has 15 heavy (non-hydrogen) atoms. The molecule has 0 aliphatic heterocycles. The summed E-state index contributed by atoms with van der Waals surface area (Å²) in [5.74, 6) is 0.0519. The van der Waals surface area contributed by atoms with Crippen LogP contribution in [0.2, 0.25) is 0 Å². The smallest absolute Gasteiger partial charge is 0.264 e. The number of allylic oxidation sites excluding steroid dienone is 1. The van der Waals surface area contributed by atoms with Gasteiger partial charge >= 0.3 is 0 Å². The van der Waals surface area contributed by atoms with E-state index in [1.165, 1.54) is 0 Å². The van der Waals surface area contributed by atoms with Gasteiger partial charge in [-0.1, -0.05) is 6.08 Å². The van der Waals surface area contributed by atoms with Crippen LogP contribution >= 0.6 is 0 Å². The third-order valence-corrected chi connectivity index (χ3v) is 3.42. The first-order valence-corrected chi connectivity index (χ1v) is 6.64. The molecule has 0 spiro atoms. The zero-order chi connectivity index (χ0) is 11.7. The summed E-state index contributed by atoms with van der Waals surface area (Å²) in [6, 6.07) is 0. The van der Waals surface area contributed by atoms with Gasteiger partial charge in [0.05, 0.1) is 17.8 Å². The summed E-state index contributed by atoms with van der Waals surface area (Å²) in [7, 11) is -3.51. The van der Waals surface area contributed by atoms with Crippen LogP contribution in [0.25, 0.3) is 0 Å². The monoisotopic (exact) mass is 232 g/mol. The second kappa shape index (κ2) is 4.06. The van der Waals surface area contributed by atoms with E-state index in [2.05, 4.69) is 6.58 Å². The van der Waals surface area contributed by atoms with Crippen LogP contribution in [0.3, 0.4) is 0 Å². The molecule has 2 atom stereocenters. The summed E-state index contributed by atoms with van der Waals surface area (Å²) >= 11 is 0. The van der Waals surface area contributed by atoms with Gasteiger partial charge in [-0.15, -0.1) is 6.58 Å². The first-order valence-electron chi connectivity index (χ1n) is 4.82. The predicted molar refractivity (Wildman–Crippen MR) is 56.9 cm³/mol. The van der Waals surface area contributed by atoms with Gasteiger partial charge in [0.1, 0.15) is 5.78 Å². The Morgan fingerprint density at radius 2 is 2.27 bits per heavy atom. The molecule has 1 saturated carbocycles. The lowest BCUT2D eigenvalue weighted by Gasteiger charge is -2.27. The van der Waals surface area contributed by atoms with Crippen LogP contribution in [-0.4, -0.2) is 26.6 Å². The van der Waals surface area contributed by atoms with E-state index in [-0.39, 0.29) is 5.78 Å². The lowest BCUT2D eigenvalue weighted by molar-refractivity contribution is -0.127. The summed E-state index contributed by atoms with van der Waals surface area (Å²) < 4.78 is 27.0. The van der Waals surface area contributed by atoms with Crippen molar-refractivity contribution in [3.05, 3.63) is 12.7 Å². The fourth-order valence-electron chi connectivity index (χ4n) is 1.96. The fraction of sp³-hybridized carbons (Fsp3) is 0.700. The van der Waals surface area contributed by atoms with Gasteiger partial charge in [-0.05, 0) is 19.8 Å². The molecule has 86 valence electrons. The number of hydrogen-bond donors (Lipinski definition) is 0. The Balaban J connectivity index is 2.90. The second-order valence-electron chi connectivity index (χ2n) is 4.16. The first-order chi connectivity index (χ1) is 6.79. The summed E-state index contributed by atoms with van der Waals surface area (Å²) in [6.07, 6.45) is 3.39. The Bertz CT molecular complexity index is 371. The number of carbonyl (C=O) groups excluding carboxylic acids is 1. The third-order valence-electron chi connectivity index (χ3n) is 2.84. The predicted octanol–water partition coefficient (Wildman–Crippen LogP) is 1.28. The minimum absolute atomic E-state index is 0.0519. The molecular formula is C10H16O4S. The van der Waals surface area contributed by atoms with E-state index in [1.807, 2.05) is 0 Å². The Labute approximate surface area is 90.4 Å². The van der Waals surface area contributed by atoms with E-state index in [0.717, 1.165) is 6.26 Å². The Morgan fingerprint density at radius 1 is 1.67 bits per heavy atom. The van der Waals surface area contributed by atoms with Gasteiger partial charge in [0.15, 0.2) is 0 Å². The van der Waals surface area contributed by atoms with Crippen LogP contribution in [0.1, 0.15) is 26.2 Å². The van der Waals surface area contributed by atoms with E-state index in [4.69, 9.17) is 4.18 Å². The first kappa shape index (κ1) is 12.4. The lowest BCUT2D eigenvalue weighted by Crippen LogP contribution is -2.35. The van der Waals surface area contributed by atoms with Gasteiger partial charge in [-0.3, -0.25) is 8.98 Å². The number of carbonyl (C=O) groups is 1. The van der Waals surface area contributed by atoms with Crippen molar-refractivity contribution in [2.24, 2.45) is 5.41 Å². The molecule has 0 amide bonds. The maximum absolute atomic E-state index is 11.7. The van der Waals surface area contributed by atoms with Gasteiger partial charge in [-0.2, -0.15) is 8.42 Å². The van der Waals surface area contributed by atoms with Crippen LogP contribution < -0.4 is 0 Å². The summed E-state index contributed by atoms with van der Waals surface area (Å²) in [6.45, 7) is 5.31. The molecule has 0 aromatic carbocycles. The van der Waals surface area contributed by atoms with E-state index >= 15 is 0 Å². The lowest BCUT2D eigenvalue weighted by atomic mass is 9.82. The van der Waals surface area contributed by atoms with Crippen molar-refractivity contribution >= 4 is 15.9 Å². The minimum Gasteiger partial charge on any atom is -0.299 e. The number of Topliss-reactive ketones (excluding diaryl/α,β-unsaturated/α-hetero) is 1. The molecule has 0 aromatic rings. The topological polar surface area (TPSA) is 60.4 Å². The van der Waals surface area contributed by atoms with Crippen LogP contribution in [0.5, 0.6) is 0 Å². The third kappa shape index (κ3) is 2.66. The van der Waals surface area contributed by atoms with Crippen molar-refractivity contribution in [1.82, 2.24) is 0 Å². The van der Waals surface area contributed by atoms with Crippen molar-refractivity contribution < 1.29 is 17.4 Å². The maximum atomic E-state index is 11.7. The Hall–Kier alpha value is -0.680. The van der Waals surface area contributed by atoms with Gasteiger partial charge in [-0.25, -0.2) is 0 Å². The SMILES string of the molecule is C=CC[C@]1(C)C(=O)CC[C@H]1OS(C)(=O)=O. The molecule has 1 fully saturated rings. The van der Waals surface area contributed by atoms with Gasteiger partial charge in [0.25, 0.3) is 10.1 Å².